The molecule has 0 atom stereocenters. The summed E-state index contributed by atoms with van der Waals surface area (Å²) in [5.74, 6) is 0. The van der Waals surface area contributed by atoms with Gasteiger partial charge in [0.05, 0.1) is 16.1 Å². The number of fused-ring (bicyclic) bond motifs is 3. The van der Waals surface area contributed by atoms with Crippen molar-refractivity contribution in [2.24, 2.45) is 0 Å². The average molecular weight is 702 g/mol. The molecule has 0 fully saturated rings. The van der Waals surface area contributed by atoms with Crippen LogP contribution in [0.3, 0.4) is 0 Å². The topological polar surface area (TPSA) is 0 Å². The van der Waals surface area contributed by atoms with Crippen LogP contribution in [0.5, 0.6) is 0 Å². The molecule has 6 rings (SSSR count). The predicted octanol–water partition coefficient (Wildman–Crippen LogP) is 2.96. The van der Waals surface area contributed by atoms with Crippen molar-refractivity contribution in [1.82, 2.24) is 0 Å². The number of rotatable bonds is 5. The van der Waals surface area contributed by atoms with Crippen LogP contribution < -0.4 is 35.2 Å². The molecule has 5 heteroatoms. The first-order valence-corrected chi connectivity index (χ1v) is 22.5. The standard InChI is InChI=1S/C24H29Si2.C13H10.2ClH.Zr/c1-25(2,3)21-16-22(26(4,5)6)24-19-14-10-9-13-18(19)15-20(24)23(21)17-11-7-8-12-17;1-3-7-12(8-4-1)11-13-9-5-2-6-10-13;;;/h7-11,13-16H,12H2,1-6H3;1-10H;2*1H;/q-1;;;;+2/p-2. The van der Waals surface area contributed by atoms with Gasteiger partial charge in [0, 0.05) is 0 Å². The Labute approximate surface area is 281 Å². The summed E-state index contributed by atoms with van der Waals surface area (Å²) in [6.07, 6.45) is 7.93. The van der Waals surface area contributed by atoms with E-state index >= 15 is 0 Å². The molecule has 0 spiro atoms. The van der Waals surface area contributed by atoms with Crippen LogP contribution in [0.4, 0.5) is 0 Å². The second-order valence-electron chi connectivity index (χ2n) is 12.8. The summed E-state index contributed by atoms with van der Waals surface area (Å²) in [6, 6.07) is 35.2. The number of allylic oxidation sites excluding steroid dienone is 4. The summed E-state index contributed by atoms with van der Waals surface area (Å²) in [7, 11) is -2.93. The van der Waals surface area contributed by atoms with Gasteiger partial charge in [0.15, 0.2) is 0 Å². The third-order valence-corrected chi connectivity index (χ3v) is 13.2. The molecule has 0 unspecified atom stereocenters. The van der Waals surface area contributed by atoms with Crippen molar-refractivity contribution in [3.05, 3.63) is 132 Å². The van der Waals surface area contributed by atoms with Crippen LogP contribution in [-0.4, -0.2) is 19.4 Å². The Morgan fingerprint density at radius 1 is 0.690 bits per heavy atom. The van der Waals surface area contributed by atoms with Gasteiger partial charge in [-0.2, -0.15) is 0 Å². The molecule has 42 heavy (non-hydrogen) atoms. The summed E-state index contributed by atoms with van der Waals surface area (Å²) in [4.78, 5) is 0. The van der Waals surface area contributed by atoms with Crippen molar-refractivity contribution < 1.29 is 49.0 Å². The molecule has 0 bridgehead atoms. The molecule has 5 aromatic rings. The van der Waals surface area contributed by atoms with Gasteiger partial charge in [0.25, 0.3) is 0 Å². The normalized spacial score (nSPS) is 12.7. The van der Waals surface area contributed by atoms with Crippen LogP contribution in [0.15, 0.2) is 115 Å². The predicted molar refractivity (Wildman–Crippen MR) is 181 cm³/mol. The fourth-order valence-electron chi connectivity index (χ4n) is 5.68. The Bertz CT molecular complexity index is 1690. The Hall–Kier alpha value is -2.00. The van der Waals surface area contributed by atoms with Gasteiger partial charge in [-0.05, 0) is 6.42 Å². The molecule has 0 nitrogen and oxygen atoms in total. The van der Waals surface area contributed by atoms with Gasteiger partial charge in [-0.15, -0.1) is 33.7 Å². The number of hydrogen-bond donors (Lipinski definition) is 0. The van der Waals surface area contributed by atoms with Gasteiger partial charge in [-0.25, -0.2) is 0 Å². The van der Waals surface area contributed by atoms with Crippen molar-refractivity contribution in [2.75, 3.05) is 0 Å². The third kappa shape index (κ3) is 7.37. The van der Waals surface area contributed by atoms with Gasteiger partial charge >= 0.3 is 99.2 Å². The van der Waals surface area contributed by atoms with E-state index in [1.807, 2.05) is 0 Å². The zero-order valence-electron chi connectivity index (χ0n) is 25.4. The first-order chi connectivity index (χ1) is 19.1. The molecule has 0 aliphatic heterocycles. The molecular formula is C37H39Cl2Si2Zr-. The summed E-state index contributed by atoms with van der Waals surface area (Å²) in [5, 5.41) is 9.15. The van der Waals surface area contributed by atoms with Crippen molar-refractivity contribution in [3.63, 3.8) is 0 Å². The third-order valence-electron chi connectivity index (χ3n) is 7.73. The average Bonchev–Trinajstić information content (AvgIpc) is 3.60. The second-order valence-corrected chi connectivity index (χ2v) is 24.1. The van der Waals surface area contributed by atoms with Crippen molar-refractivity contribution in [1.29, 1.82) is 0 Å². The van der Waals surface area contributed by atoms with Crippen molar-refractivity contribution in [3.8, 4) is 0 Å². The minimum absolute atomic E-state index is 0. The van der Waals surface area contributed by atoms with E-state index in [-0.39, 0.29) is 24.8 Å². The maximum absolute atomic E-state index is 2.63. The minimum atomic E-state index is -1.47. The van der Waals surface area contributed by atoms with E-state index in [1.165, 1.54) is 65.7 Å². The monoisotopic (exact) mass is 699 g/mol. The van der Waals surface area contributed by atoms with E-state index in [0.717, 1.165) is 6.42 Å². The van der Waals surface area contributed by atoms with E-state index in [2.05, 4.69) is 155 Å². The molecule has 5 aromatic carbocycles. The second kappa shape index (κ2) is 14.2. The molecule has 0 N–H and O–H groups in total. The van der Waals surface area contributed by atoms with Crippen LogP contribution in [-0.2, 0) is 24.2 Å². The van der Waals surface area contributed by atoms with Crippen LogP contribution in [0.25, 0.3) is 27.1 Å². The van der Waals surface area contributed by atoms with Crippen LogP contribution in [0, 0.1) is 0 Å². The molecular weight excluding hydrogens is 663 g/mol. The van der Waals surface area contributed by atoms with Gasteiger partial charge in [0.2, 0.25) is 0 Å². The first kappa shape index (κ1) is 34.5. The van der Waals surface area contributed by atoms with Crippen LogP contribution >= 0.6 is 0 Å². The van der Waals surface area contributed by atoms with E-state index in [0.29, 0.717) is 0 Å². The van der Waals surface area contributed by atoms with E-state index in [1.54, 1.807) is 15.9 Å². The quantitative estimate of drug-likeness (QED) is 0.196. The van der Waals surface area contributed by atoms with Crippen molar-refractivity contribution in [2.45, 2.75) is 45.7 Å². The molecule has 1 aliphatic carbocycles. The van der Waals surface area contributed by atoms with E-state index < -0.39 is 16.1 Å². The molecule has 0 radical (unpaired) electrons. The van der Waals surface area contributed by atoms with Gasteiger partial charge in [-0.1, -0.05) is 103 Å². The maximum atomic E-state index is 2.63. The van der Waals surface area contributed by atoms with Gasteiger partial charge < -0.3 is 24.8 Å². The van der Waals surface area contributed by atoms with Gasteiger partial charge in [0.1, 0.15) is 0 Å². The molecule has 0 saturated heterocycles. The summed E-state index contributed by atoms with van der Waals surface area (Å²) < 4.78 is 1.42. The molecule has 0 amide bonds. The summed E-state index contributed by atoms with van der Waals surface area (Å²) in [5.41, 5.74) is 5.71. The van der Waals surface area contributed by atoms with E-state index in [4.69, 9.17) is 0 Å². The molecule has 0 aromatic heterocycles. The Kier molecular flexibility index (Phi) is 11.6. The molecule has 1 aliphatic rings. The zero-order chi connectivity index (χ0) is 28.5. The van der Waals surface area contributed by atoms with Crippen LogP contribution in [0.2, 0.25) is 39.3 Å². The number of hydrogen-bond acceptors (Lipinski definition) is 0. The fourth-order valence-corrected chi connectivity index (χ4v) is 9.87. The summed E-state index contributed by atoms with van der Waals surface area (Å²) >= 11 is 1.46. The van der Waals surface area contributed by atoms with Gasteiger partial charge in [-0.3, -0.25) is 0 Å². The number of benzene rings is 4. The zero-order valence-corrected chi connectivity index (χ0v) is 31.4. The Morgan fingerprint density at radius 3 is 1.71 bits per heavy atom. The first-order valence-electron chi connectivity index (χ1n) is 14.3. The Morgan fingerprint density at radius 2 is 1.21 bits per heavy atom. The molecule has 0 heterocycles. The molecule has 0 saturated carbocycles. The van der Waals surface area contributed by atoms with Crippen LogP contribution in [0.1, 0.15) is 23.1 Å². The number of halogens is 2. The SMILES string of the molecule is C[Si](C)(C)c1cc([Si](C)(C)C)c2c([cH-]c3ccccc32)c1C1=CC=CC1.[Cl-].[Cl-].[Zr+2]=[C](c1ccccc1)c1ccccc1. The Balaban J connectivity index is 0.000000258. The fraction of sp³-hybridized carbons (Fsp3) is 0.189. The van der Waals surface area contributed by atoms with E-state index in [9.17, 15) is 0 Å². The van der Waals surface area contributed by atoms with Crippen molar-refractivity contribution >= 4 is 56.8 Å². The molecule has 214 valence electrons. The summed E-state index contributed by atoms with van der Waals surface area (Å²) in [6.45, 7) is 15.0.